The summed E-state index contributed by atoms with van der Waals surface area (Å²) in [5.41, 5.74) is 3.27. The maximum absolute atomic E-state index is 12.5. The number of amides is 1. The van der Waals surface area contributed by atoms with Gasteiger partial charge >= 0.3 is 5.97 Å². The van der Waals surface area contributed by atoms with E-state index in [0.29, 0.717) is 16.8 Å². The fraction of sp³-hybridized carbons (Fsp3) is 0.0833. The number of carbonyl (C=O) groups excluding carboxylic acids is 2. The molecule has 144 valence electrons. The van der Waals surface area contributed by atoms with Gasteiger partial charge in [0.05, 0.1) is 12.7 Å². The van der Waals surface area contributed by atoms with Crippen LogP contribution < -0.4 is 5.32 Å². The van der Waals surface area contributed by atoms with E-state index in [1.807, 2.05) is 42.5 Å². The SMILES string of the molecule is COC(=O)c1ccc(NC(=O)C(Cl)c2cccc(C#Cc3ccccc3)c2)cc1. The summed E-state index contributed by atoms with van der Waals surface area (Å²) in [6, 6.07) is 23.3. The number of benzene rings is 3. The summed E-state index contributed by atoms with van der Waals surface area (Å²) >= 11 is 6.37. The van der Waals surface area contributed by atoms with Gasteiger partial charge in [0.1, 0.15) is 5.38 Å². The largest absolute Gasteiger partial charge is 0.465 e. The quantitative estimate of drug-likeness (QED) is 0.387. The molecule has 4 nitrogen and oxygen atoms in total. The third kappa shape index (κ3) is 5.47. The normalized spacial score (nSPS) is 11.0. The Bertz CT molecular complexity index is 1070. The minimum absolute atomic E-state index is 0.370. The van der Waals surface area contributed by atoms with Crippen LogP contribution in [0.25, 0.3) is 0 Å². The molecule has 1 amide bonds. The third-order valence-corrected chi connectivity index (χ3v) is 4.56. The van der Waals surface area contributed by atoms with E-state index < -0.39 is 11.3 Å². The van der Waals surface area contributed by atoms with Gasteiger partial charge in [-0.05, 0) is 54.1 Å². The molecule has 3 rings (SSSR count). The van der Waals surface area contributed by atoms with Crippen LogP contribution in [0.15, 0.2) is 78.9 Å². The number of halogens is 1. The van der Waals surface area contributed by atoms with Crippen LogP contribution in [-0.2, 0) is 9.53 Å². The monoisotopic (exact) mass is 403 g/mol. The molecular formula is C24H18ClNO3. The zero-order valence-corrected chi connectivity index (χ0v) is 16.4. The molecule has 1 N–H and O–H groups in total. The minimum Gasteiger partial charge on any atom is -0.465 e. The molecule has 0 saturated carbocycles. The Morgan fingerprint density at radius 2 is 1.55 bits per heavy atom. The standard InChI is InChI=1S/C24H18ClNO3/c1-29-24(28)19-12-14-21(15-13-19)26-23(27)22(25)20-9-5-8-18(16-20)11-10-17-6-3-2-4-7-17/h2-9,12-16,22H,1H3,(H,26,27). The summed E-state index contributed by atoms with van der Waals surface area (Å²) < 4.78 is 4.65. The number of alkyl halides is 1. The Labute approximate surface area is 174 Å². The number of rotatable bonds is 4. The highest BCUT2D eigenvalue weighted by atomic mass is 35.5. The number of methoxy groups -OCH3 is 1. The Morgan fingerprint density at radius 3 is 2.24 bits per heavy atom. The molecule has 0 spiro atoms. The molecule has 0 fully saturated rings. The smallest absolute Gasteiger partial charge is 0.337 e. The summed E-state index contributed by atoms with van der Waals surface area (Å²) in [4.78, 5) is 24.0. The summed E-state index contributed by atoms with van der Waals surface area (Å²) in [5.74, 6) is 5.36. The summed E-state index contributed by atoms with van der Waals surface area (Å²) in [6.07, 6.45) is 0. The number of nitrogens with one attached hydrogen (secondary N) is 1. The van der Waals surface area contributed by atoms with Crippen molar-refractivity contribution in [3.05, 3.63) is 101 Å². The molecule has 1 atom stereocenters. The minimum atomic E-state index is -0.881. The van der Waals surface area contributed by atoms with E-state index >= 15 is 0 Å². The second-order valence-corrected chi connectivity index (χ2v) is 6.60. The molecule has 3 aromatic carbocycles. The van der Waals surface area contributed by atoms with E-state index in [1.54, 1.807) is 36.4 Å². The van der Waals surface area contributed by atoms with Crippen molar-refractivity contribution < 1.29 is 14.3 Å². The number of ether oxygens (including phenoxy) is 1. The first-order chi connectivity index (χ1) is 14.1. The first-order valence-electron chi connectivity index (χ1n) is 8.87. The second kappa shape index (κ2) is 9.59. The van der Waals surface area contributed by atoms with Gasteiger partial charge in [-0.25, -0.2) is 4.79 Å². The summed E-state index contributed by atoms with van der Waals surface area (Å²) in [7, 11) is 1.31. The molecule has 0 heterocycles. The number of hydrogen-bond donors (Lipinski definition) is 1. The fourth-order valence-electron chi connectivity index (χ4n) is 2.60. The van der Waals surface area contributed by atoms with Crippen LogP contribution in [0.1, 0.15) is 32.4 Å². The van der Waals surface area contributed by atoms with Crippen molar-refractivity contribution in [1.82, 2.24) is 0 Å². The highest BCUT2D eigenvalue weighted by Crippen LogP contribution is 2.23. The molecule has 0 radical (unpaired) electrons. The van der Waals surface area contributed by atoms with E-state index in [-0.39, 0.29) is 5.91 Å². The van der Waals surface area contributed by atoms with Crippen LogP contribution in [0.4, 0.5) is 5.69 Å². The van der Waals surface area contributed by atoms with Crippen LogP contribution in [0.5, 0.6) is 0 Å². The Balaban J connectivity index is 1.70. The Hall–Kier alpha value is -3.55. The van der Waals surface area contributed by atoms with E-state index in [1.165, 1.54) is 7.11 Å². The van der Waals surface area contributed by atoms with Crippen molar-refractivity contribution in [1.29, 1.82) is 0 Å². The van der Waals surface area contributed by atoms with Gasteiger partial charge in [-0.15, -0.1) is 11.6 Å². The molecule has 0 bridgehead atoms. The molecule has 0 aliphatic carbocycles. The highest BCUT2D eigenvalue weighted by molar-refractivity contribution is 6.32. The summed E-state index contributed by atoms with van der Waals surface area (Å²) in [6.45, 7) is 0. The van der Waals surface area contributed by atoms with Crippen LogP contribution >= 0.6 is 11.6 Å². The maximum atomic E-state index is 12.5. The van der Waals surface area contributed by atoms with Crippen LogP contribution in [0, 0.1) is 11.8 Å². The number of carbonyl (C=O) groups is 2. The highest BCUT2D eigenvalue weighted by Gasteiger charge is 2.18. The van der Waals surface area contributed by atoms with E-state index in [4.69, 9.17) is 11.6 Å². The fourth-order valence-corrected chi connectivity index (χ4v) is 2.79. The van der Waals surface area contributed by atoms with Crippen molar-refractivity contribution in [2.75, 3.05) is 12.4 Å². The molecule has 3 aromatic rings. The van der Waals surface area contributed by atoms with Crippen molar-refractivity contribution in [2.45, 2.75) is 5.38 Å². The predicted octanol–water partition coefficient (Wildman–Crippen LogP) is 4.79. The average molecular weight is 404 g/mol. The molecule has 5 heteroatoms. The first-order valence-corrected chi connectivity index (χ1v) is 9.31. The van der Waals surface area contributed by atoms with Crippen molar-refractivity contribution in [3.8, 4) is 11.8 Å². The zero-order valence-electron chi connectivity index (χ0n) is 15.7. The van der Waals surface area contributed by atoms with Gasteiger partial charge < -0.3 is 10.1 Å². The molecular weight excluding hydrogens is 386 g/mol. The van der Waals surface area contributed by atoms with Gasteiger partial charge in [0, 0.05) is 16.8 Å². The molecule has 0 aliphatic heterocycles. The molecule has 29 heavy (non-hydrogen) atoms. The predicted molar refractivity (Wildman–Crippen MR) is 114 cm³/mol. The average Bonchev–Trinajstić information content (AvgIpc) is 2.78. The van der Waals surface area contributed by atoms with Crippen molar-refractivity contribution in [2.24, 2.45) is 0 Å². The van der Waals surface area contributed by atoms with Crippen LogP contribution in [0.2, 0.25) is 0 Å². The lowest BCUT2D eigenvalue weighted by Crippen LogP contribution is -2.17. The molecule has 0 saturated heterocycles. The Morgan fingerprint density at radius 1 is 0.897 bits per heavy atom. The zero-order chi connectivity index (χ0) is 20.6. The van der Waals surface area contributed by atoms with Gasteiger partial charge in [-0.1, -0.05) is 42.2 Å². The van der Waals surface area contributed by atoms with E-state index in [9.17, 15) is 9.59 Å². The van der Waals surface area contributed by atoms with Gasteiger partial charge in [0.2, 0.25) is 5.91 Å². The lowest BCUT2D eigenvalue weighted by molar-refractivity contribution is -0.116. The lowest BCUT2D eigenvalue weighted by Gasteiger charge is -2.11. The Kier molecular flexibility index (Phi) is 6.67. The van der Waals surface area contributed by atoms with Crippen molar-refractivity contribution in [3.63, 3.8) is 0 Å². The van der Waals surface area contributed by atoms with E-state index in [0.717, 1.165) is 11.1 Å². The lowest BCUT2D eigenvalue weighted by atomic mass is 10.1. The number of hydrogen-bond acceptors (Lipinski definition) is 3. The maximum Gasteiger partial charge on any atom is 0.337 e. The van der Waals surface area contributed by atoms with Crippen LogP contribution in [-0.4, -0.2) is 19.0 Å². The topological polar surface area (TPSA) is 55.4 Å². The van der Waals surface area contributed by atoms with Gasteiger partial charge in [0.25, 0.3) is 0 Å². The van der Waals surface area contributed by atoms with E-state index in [2.05, 4.69) is 21.9 Å². The van der Waals surface area contributed by atoms with Crippen LogP contribution in [0.3, 0.4) is 0 Å². The molecule has 1 unspecified atom stereocenters. The van der Waals surface area contributed by atoms with Crippen molar-refractivity contribution >= 4 is 29.2 Å². The van der Waals surface area contributed by atoms with Gasteiger partial charge in [-0.3, -0.25) is 4.79 Å². The summed E-state index contributed by atoms with van der Waals surface area (Å²) in [5, 5.41) is 1.86. The van der Waals surface area contributed by atoms with Gasteiger partial charge in [0.15, 0.2) is 0 Å². The molecule has 0 aromatic heterocycles. The second-order valence-electron chi connectivity index (χ2n) is 6.16. The molecule has 0 aliphatic rings. The number of esters is 1. The van der Waals surface area contributed by atoms with Gasteiger partial charge in [-0.2, -0.15) is 0 Å². The first kappa shape index (κ1) is 20.2. The third-order valence-electron chi connectivity index (χ3n) is 4.11. The number of anilines is 1.